The number of aromatic nitrogens is 2. The topological polar surface area (TPSA) is 46.9 Å². The van der Waals surface area contributed by atoms with Crippen molar-refractivity contribution in [3.63, 3.8) is 0 Å². The lowest BCUT2D eigenvalue weighted by molar-refractivity contribution is 0.101. The molecule has 0 saturated carbocycles. The SMILES string of the molecule is Cn1nccc1C(=O)Nc1cccc(CCCBr)c1. The van der Waals surface area contributed by atoms with Crippen LogP contribution in [0.25, 0.3) is 0 Å². The number of halogens is 1. The van der Waals surface area contributed by atoms with Crippen molar-refractivity contribution in [1.29, 1.82) is 0 Å². The molecule has 1 aromatic heterocycles. The van der Waals surface area contributed by atoms with Crippen LogP contribution >= 0.6 is 15.9 Å². The molecule has 1 amide bonds. The molecule has 0 aliphatic carbocycles. The van der Waals surface area contributed by atoms with E-state index in [9.17, 15) is 4.79 Å². The summed E-state index contributed by atoms with van der Waals surface area (Å²) >= 11 is 3.42. The minimum Gasteiger partial charge on any atom is -0.321 e. The lowest BCUT2D eigenvalue weighted by Gasteiger charge is -2.07. The minimum atomic E-state index is -0.141. The van der Waals surface area contributed by atoms with E-state index in [1.54, 1.807) is 24.0 Å². The Morgan fingerprint density at radius 3 is 2.95 bits per heavy atom. The van der Waals surface area contributed by atoms with Gasteiger partial charge in [-0.3, -0.25) is 9.48 Å². The molecular weight excluding hydrogens is 306 g/mol. The van der Waals surface area contributed by atoms with Gasteiger partial charge in [0, 0.05) is 24.3 Å². The number of hydrogen-bond acceptors (Lipinski definition) is 2. The first-order valence-corrected chi connectivity index (χ1v) is 7.27. The van der Waals surface area contributed by atoms with E-state index in [4.69, 9.17) is 0 Å². The van der Waals surface area contributed by atoms with Crippen molar-refractivity contribution in [2.24, 2.45) is 7.05 Å². The third-order valence-corrected chi connectivity index (χ3v) is 3.40. The Balaban J connectivity index is 2.07. The molecule has 0 aliphatic heterocycles. The standard InChI is InChI=1S/C14H16BrN3O/c1-18-13(7-9-16-18)14(19)17-12-6-2-4-11(10-12)5-3-8-15/h2,4,6-7,9-10H,3,5,8H2,1H3,(H,17,19). The molecule has 0 aliphatic rings. The molecule has 0 spiro atoms. The molecule has 19 heavy (non-hydrogen) atoms. The van der Waals surface area contributed by atoms with Crippen molar-refractivity contribution < 1.29 is 4.79 Å². The van der Waals surface area contributed by atoms with Crippen LogP contribution in [0.1, 0.15) is 22.5 Å². The van der Waals surface area contributed by atoms with Gasteiger partial charge in [-0.15, -0.1) is 0 Å². The van der Waals surface area contributed by atoms with Gasteiger partial charge >= 0.3 is 0 Å². The first kappa shape index (κ1) is 13.8. The predicted octanol–water partition coefficient (Wildman–Crippen LogP) is 3.00. The molecule has 100 valence electrons. The zero-order chi connectivity index (χ0) is 13.7. The van der Waals surface area contributed by atoms with Crippen LogP contribution in [0.15, 0.2) is 36.5 Å². The number of rotatable bonds is 5. The maximum absolute atomic E-state index is 12.0. The summed E-state index contributed by atoms with van der Waals surface area (Å²) in [5.41, 5.74) is 2.59. The molecule has 1 aromatic carbocycles. The van der Waals surface area contributed by atoms with Gasteiger partial charge in [0.2, 0.25) is 0 Å². The number of hydrogen-bond donors (Lipinski definition) is 1. The summed E-state index contributed by atoms with van der Waals surface area (Å²) in [4.78, 5) is 12.0. The fourth-order valence-corrected chi connectivity index (χ4v) is 2.15. The summed E-state index contributed by atoms with van der Waals surface area (Å²) in [6, 6.07) is 9.64. The number of aryl methyl sites for hydroxylation is 2. The van der Waals surface area contributed by atoms with Crippen LogP contribution in [0, 0.1) is 0 Å². The zero-order valence-electron chi connectivity index (χ0n) is 10.8. The maximum Gasteiger partial charge on any atom is 0.273 e. The van der Waals surface area contributed by atoms with Gasteiger partial charge in [0.05, 0.1) is 0 Å². The molecule has 2 aromatic rings. The Hall–Kier alpha value is -1.62. The largest absolute Gasteiger partial charge is 0.321 e. The number of anilines is 1. The predicted molar refractivity (Wildman–Crippen MR) is 79.7 cm³/mol. The van der Waals surface area contributed by atoms with Crippen molar-refractivity contribution in [1.82, 2.24) is 9.78 Å². The van der Waals surface area contributed by atoms with Crippen LogP contribution in [0.5, 0.6) is 0 Å². The van der Waals surface area contributed by atoms with E-state index in [-0.39, 0.29) is 5.91 Å². The van der Waals surface area contributed by atoms with Gasteiger partial charge in [-0.05, 0) is 36.6 Å². The van der Waals surface area contributed by atoms with E-state index in [1.165, 1.54) is 5.56 Å². The Bertz CT molecular complexity index is 565. The van der Waals surface area contributed by atoms with E-state index in [0.29, 0.717) is 5.69 Å². The fraction of sp³-hybridized carbons (Fsp3) is 0.286. The highest BCUT2D eigenvalue weighted by Crippen LogP contribution is 2.14. The molecular formula is C14H16BrN3O. The molecule has 1 heterocycles. The van der Waals surface area contributed by atoms with Gasteiger partial charge in [-0.2, -0.15) is 5.10 Å². The highest BCUT2D eigenvalue weighted by atomic mass is 79.9. The van der Waals surface area contributed by atoms with Crippen LogP contribution in [0.3, 0.4) is 0 Å². The molecule has 5 heteroatoms. The molecule has 2 rings (SSSR count). The van der Waals surface area contributed by atoms with Crippen LogP contribution < -0.4 is 5.32 Å². The van der Waals surface area contributed by atoms with Crippen LogP contribution in [0.4, 0.5) is 5.69 Å². The average Bonchev–Trinajstić information content (AvgIpc) is 2.83. The van der Waals surface area contributed by atoms with Crippen LogP contribution in [-0.2, 0) is 13.5 Å². The monoisotopic (exact) mass is 321 g/mol. The van der Waals surface area contributed by atoms with Gasteiger partial charge in [0.25, 0.3) is 5.91 Å². The van der Waals surface area contributed by atoms with E-state index in [1.807, 2.05) is 18.2 Å². The van der Waals surface area contributed by atoms with E-state index in [2.05, 4.69) is 32.4 Å². The smallest absolute Gasteiger partial charge is 0.273 e. The number of amides is 1. The first-order valence-electron chi connectivity index (χ1n) is 6.15. The second-order valence-corrected chi connectivity index (χ2v) is 5.08. The maximum atomic E-state index is 12.0. The first-order chi connectivity index (χ1) is 9.20. The minimum absolute atomic E-state index is 0.141. The van der Waals surface area contributed by atoms with Crippen molar-refractivity contribution in [3.05, 3.63) is 47.8 Å². The van der Waals surface area contributed by atoms with Crippen molar-refractivity contribution >= 4 is 27.5 Å². The third kappa shape index (κ3) is 3.67. The van der Waals surface area contributed by atoms with Gasteiger partial charge in [0.1, 0.15) is 5.69 Å². The van der Waals surface area contributed by atoms with Crippen molar-refractivity contribution in [2.75, 3.05) is 10.6 Å². The summed E-state index contributed by atoms with van der Waals surface area (Å²) < 4.78 is 1.56. The highest BCUT2D eigenvalue weighted by Gasteiger charge is 2.09. The van der Waals surface area contributed by atoms with E-state index in [0.717, 1.165) is 23.9 Å². The van der Waals surface area contributed by atoms with Gasteiger partial charge in [0.15, 0.2) is 0 Å². The second kappa shape index (κ2) is 6.52. The van der Waals surface area contributed by atoms with E-state index < -0.39 is 0 Å². The van der Waals surface area contributed by atoms with Gasteiger partial charge in [-0.1, -0.05) is 28.1 Å². The number of carbonyl (C=O) groups excluding carboxylic acids is 1. The van der Waals surface area contributed by atoms with Crippen LogP contribution in [0.2, 0.25) is 0 Å². The molecule has 0 atom stereocenters. The molecule has 0 saturated heterocycles. The number of nitrogens with zero attached hydrogens (tertiary/aromatic N) is 2. The quantitative estimate of drug-likeness (QED) is 0.860. The average molecular weight is 322 g/mol. The molecule has 0 bridgehead atoms. The highest BCUT2D eigenvalue weighted by molar-refractivity contribution is 9.09. The summed E-state index contributed by atoms with van der Waals surface area (Å²) in [5.74, 6) is -0.141. The molecule has 4 nitrogen and oxygen atoms in total. The molecule has 1 N–H and O–H groups in total. The summed E-state index contributed by atoms with van der Waals surface area (Å²) in [5, 5.41) is 7.86. The third-order valence-electron chi connectivity index (χ3n) is 2.84. The summed E-state index contributed by atoms with van der Waals surface area (Å²) in [6.07, 6.45) is 3.70. The summed E-state index contributed by atoms with van der Waals surface area (Å²) in [7, 11) is 1.75. The normalized spacial score (nSPS) is 10.4. The lowest BCUT2D eigenvalue weighted by atomic mass is 10.1. The number of nitrogens with one attached hydrogen (secondary N) is 1. The van der Waals surface area contributed by atoms with Crippen LogP contribution in [-0.4, -0.2) is 21.0 Å². The van der Waals surface area contributed by atoms with Gasteiger partial charge < -0.3 is 5.32 Å². The number of carbonyl (C=O) groups is 1. The number of benzene rings is 1. The number of alkyl halides is 1. The van der Waals surface area contributed by atoms with Crippen molar-refractivity contribution in [3.8, 4) is 0 Å². The Labute approximate surface area is 120 Å². The Kier molecular flexibility index (Phi) is 4.74. The fourth-order valence-electron chi connectivity index (χ4n) is 1.87. The zero-order valence-corrected chi connectivity index (χ0v) is 12.4. The molecule has 0 radical (unpaired) electrons. The second-order valence-electron chi connectivity index (χ2n) is 4.29. The Morgan fingerprint density at radius 2 is 2.26 bits per heavy atom. The van der Waals surface area contributed by atoms with E-state index >= 15 is 0 Å². The lowest BCUT2D eigenvalue weighted by Crippen LogP contribution is -2.16. The Morgan fingerprint density at radius 1 is 1.42 bits per heavy atom. The molecule has 0 fully saturated rings. The molecule has 0 unspecified atom stereocenters. The van der Waals surface area contributed by atoms with Gasteiger partial charge in [-0.25, -0.2) is 0 Å². The van der Waals surface area contributed by atoms with Crippen molar-refractivity contribution in [2.45, 2.75) is 12.8 Å². The summed E-state index contributed by atoms with van der Waals surface area (Å²) in [6.45, 7) is 0.